The Morgan fingerprint density at radius 3 is 2.79 bits per heavy atom. The normalized spacial score (nSPS) is 13.3. The van der Waals surface area contributed by atoms with Gasteiger partial charge < -0.3 is 9.84 Å². The Labute approximate surface area is 112 Å². The van der Waals surface area contributed by atoms with Crippen LogP contribution in [0.3, 0.4) is 0 Å². The van der Waals surface area contributed by atoms with Gasteiger partial charge in [-0.05, 0) is 48.1 Å². The van der Waals surface area contributed by atoms with E-state index in [0.29, 0.717) is 12.3 Å². The molecule has 1 aliphatic carbocycles. The van der Waals surface area contributed by atoms with Crippen molar-refractivity contribution in [2.24, 2.45) is 0 Å². The van der Waals surface area contributed by atoms with Gasteiger partial charge in [0.25, 0.3) is 0 Å². The lowest BCUT2D eigenvalue weighted by Gasteiger charge is -2.08. The van der Waals surface area contributed by atoms with Crippen molar-refractivity contribution in [1.82, 2.24) is 4.98 Å². The second-order valence-electron chi connectivity index (χ2n) is 4.89. The number of benzene rings is 1. The number of nitrogens with zero attached hydrogens (tertiary/aromatic N) is 1. The van der Waals surface area contributed by atoms with Crippen molar-refractivity contribution in [2.45, 2.75) is 32.5 Å². The van der Waals surface area contributed by atoms with Crippen molar-refractivity contribution >= 4 is 0 Å². The first-order valence-corrected chi connectivity index (χ1v) is 6.64. The molecule has 1 aliphatic rings. The summed E-state index contributed by atoms with van der Waals surface area (Å²) in [6, 6.07) is 10.2. The topological polar surface area (TPSA) is 42.4 Å². The summed E-state index contributed by atoms with van der Waals surface area (Å²) in [5.74, 6) is 0.734. The summed E-state index contributed by atoms with van der Waals surface area (Å²) >= 11 is 0. The number of pyridine rings is 1. The van der Waals surface area contributed by atoms with Crippen molar-refractivity contribution in [3.05, 3.63) is 58.9 Å². The molecule has 0 aliphatic heterocycles. The number of hydrogen-bond acceptors (Lipinski definition) is 3. The maximum absolute atomic E-state index is 8.92. The van der Waals surface area contributed by atoms with Gasteiger partial charge in [0.2, 0.25) is 0 Å². The first kappa shape index (κ1) is 12.2. The summed E-state index contributed by atoms with van der Waals surface area (Å²) in [6.07, 6.45) is 5.32. The van der Waals surface area contributed by atoms with Gasteiger partial charge in [-0.1, -0.05) is 18.2 Å². The van der Waals surface area contributed by atoms with E-state index in [0.717, 1.165) is 5.75 Å². The number of ether oxygens (including phenoxy) is 1. The Bertz CT molecular complexity index is 563. The Kier molecular flexibility index (Phi) is 3.47. The maximum Gasteiger partial charge on any atom is 0.138 e. The van der Waals surface area contributed by atoms with E-state index in [1.54, 1.807) is 12.3 Å². The highest BCUT2D eigenvalue weighted by Crippen LogP contribution is 2.23. The number of aromatic nitrogens is 1. The van der Waals surface area contributed by atoms with Crippen LogP contribution >= 0.6 is 0 Å². The zero-order valence-electron chi connectivity index (χ0n) is 10.8. The minimum Gasteiger partial charge on any atom is -0.487 e. The molecule has 3 nitrogen and oxygen atoms in total. The molecule has 2 aromatic rings. The van der Waals surface area contributed by atoms with Crippen molar-refractivity contribution in [2.75, 3.05) is 0 Å². The molecule has 3 heteroatoms. The number of aliphatic hydroxyl groups excluding tert-OH is 1. The summed E-state index contributed by atoms with van der Waals surface area (Å²) in [5, 5.41) is 8.92. The van der Waals surface area contributed by atoms with Gasteiger partial charge in [0.05, 0.1) is 18.5 Å². The van der Waals surface area contributed by atoms with Crippen LogP contribution in [0, 0.1) is 0 Å². The predicted octanol–water partition coefficient (Wildman–Crippen LogP) is 2.64. The minimum absolute atomic E-state index is 0.0366. The fraction of sp³-hybridized carbons (Fsp3) is 0.312. The number of rotatable bonds is 4. The van der Waals surface area contributed by atoms with Crippen molar-refractivity contribution < 1.29 is 9.84 Å². The van der Waals surface area contributed by atoms with Crippen LogP contribution in [0.5, 0.6) is 5.75 Å². The summed E-state index contributed by atoms with van der Waals surface area (Å²) in [7, 11) is 0. The largest absolute Gasteiger partial charge is 0.487 e. The molecule has 0 amide bonds. The molecular weight excluding hydrogens is 238 g/mol. The van der Waals surface area contributed by atoms with Gasteiger partial charge in [0.15, 0.2) is 0 Å². The molecule has 3 rings (SSSR count). The van der Waals surface area contributed by atoms with E-state index in [-0.39, 0.29) is 6.61 Å². The van der Waals surface area contributed by atoms with E-state index in [9.17, 15) is 0 Å². The van der Waals surface area contributed by atoms with Gasteiger partial charge >= 0.3 is 0 Å². The highest BCUT2D eigenvalue weighted by Gasteiger charge is 2.10. The standard InChI is InChI=1S/C16H17NO2/c18-10-15-6-7-16(9-17-15)19-11-12-4-5-13-2-1-3-14(13)8-12/h4-9,18H,1-3,10-11H2. The number of hydrogen-bond donors (Lipinski definition) is 1. The van der Waals surface area contributed by atoms with Gasteiger partial charge in [0.1, 0.15) is 12.4 Å². The number of aliphatic hydroxyl groups is 1. The molecule has 19 heavy (non-hydrogen) atoms. The lowest BCUT2D eigenvalue weighted by atomic mass is 10.1. The highest BCUT2D eigenvalue weighted by atomic mass is 16.5. The molecular formula is C16H17NO2. The second-order valence-corrected chi connectivity index (χ2v) is 4.89. The molecule has 0 saturated carbocycles. The van der Waals surface area contributed by atoms with E-state index >= 15 is 0 Å². The quantitative estimate of drug-likeness (QED) is 0.913. The van der Waals surface area contributed by atoms with Crippen LogP contribution in [0.2, 0.25) is 0 Å². The third-order valence-electron chi connectivity index (χ3n) is 3.53. The van der Waals surface area contributed by atoms with E-state index in [4.69, 9.17) is 9.84 Å². The van der Waals surface area contributed by atoms with E-state index < -0.39 is 0 Å². The van der Waals surface area contributed by atoms with E-state index in [1.807, 2.05) is 6.07 Å². The Balaban J connectivity index is 1.65. The third kappa shape index (κ3) is 2.76. The highest BCUT2D eigenvalue weighted by molar-refractivity contribution is 5.35. The molecule has 1 N–H and O–H groups in total. The molecule has 1 heterocycles. The lowest BCUT2D eigenvalue weighted by Crippen LogP contribution is -1.98. The number of aryl methyl sites for hydroxylation is 2. The molecule has 0 spiro atoms. The van der Waals surface area contributed by atoms with Crippen LogP contribution in [0.25, 0.3) is 0 Å². The van der Waals surface area contributed by atoms with Gasteiger partial charge in [0, 0.05) is 0 Å². The van der Waals surface area contributed by atoms with Crippen molar-refractivity contribution in [3.63, 3.8) is 0 Å². The van der Waals surface area contributed by atoms with Crippen LogP contribution in [0.4, 0.5) is 0 Å². The average Bonchev–Trinajstić information content (AvgIpc) is 2.93. The smallest absolute Gasteiger partial charge is 0.138 e. The molecule has 0 radical (unpaired) electrons. The van der Waals surface area contributed by atoms with Gasteiger partial charge in [-0.2, -0.15) is 0 Å². The van der Waals surface area contributed by atoms with Crippen molar-refractivity contribution in [3.8, 4) is 5.75 Å². The maximum atomic E-state index is 8.92. The van der Waals surface area contributed by atoms with Crippen LogP contribution < -0.4 is 4.74 Å². The van der Waals surface area contributed by atoms with E-state index in [2.05, 4.69) is 23.2 Å². The second kappa shape index (κ2) is 5.41. The Morgan fingerprint density at radius 2 is 2.00 bits per heavy atom. The summed E-state index contributed by atoms with van der Waals surface area (Å²) in [4.78, 5) is 4.09. The zero-order chi connectivity index (χ0) is 13.1. The van der Waals surface area contributed by atoms with Crippen molar-refractivity contribution in [1.29, 1.82) is 0 Å². The average molecular weight is 255 g/mol. The SMILES string of the molecule is OCc1ccc(OCc2ccc3c(c2)CCC3)cn1. The molecule has 1 aromatic heterocycles. The van der Waals surface area contributed by atoms with Crippen LogP contribution in [0.1, 0.15) is 28.8 Å². The molecule has 0 atom stereocenters. The summed E-state index contributed by atoms with van der Waals surface area (Å²) in [6.45, 7) is 0.526. The molecule has 1 aromatic carbocycles. The number of fused-ring (bicyclic) bond motifs is 1. The third-order valence-corrected chi connectivity index (χ3v) is 3.53. The van der Waals surface area contributed by atoms with Crippen LogP contribution in [-0.2, 0) is 26.1 Å². The Morgan fingerprint density at radius 1 is 1.11 bits per heavy atom. The first-order valence-electron chi connectivity index (χ1n) is 6.64. The Hall–Kier alpha value is -1.87. The minimum atomic E-state index is -0.0366. The van der Waals surface area contributed by atoms with Gasteiger partial charge in [-0.3, -0.25) is 4.98 Å². The molecule has 0 fully saturated rings. The molecule has 0 bridgehead atoms. The first-order chi connectivity index (χ1) is 9.35. The molecule has 98 valence electrons. The fourth-order valence-electron chi connectivity index (χ4n) is 2.47. The zero-order valence-corrected chi connectivity index (χ0v) is 10.8. The van der Waals surface area contributed by atoms with E-state index in [1.165, 1.54) is 36.0 Å². The monoisotopic (exact) mass is 255 g/mol. The molecule has 0 saturated heterocycles. The predicted molar refractivity (Wildman–Crippen MR) is 73.0 cm³/mol. The van der Waals surface area contributed by atoms with Crippen LogP contribution in [0.15, 0.2) is 36.5 Å². The summed E-state index contributed by atoms with van der Waals surface area (Å²) in [5.41, 5.74) is 4.81. The lowest BCUT2D eigenvalue weighted by molar-refractivity contribution is 0.275. The fourth-order valence-corrected chi connectivity index (χ4v) is 2.47. The van der Waals surface area contributed by atoms with Gasteiger partial charge in [-0.15, -0.1) is 0 Å². The molecule has 0 unspecified atom stereocenters. The van der Waals surface area contributed by atoms with Crippen LogP contribution in [-0.4, -0.2) is 10.1 Å². The van der Waals surface area contributed by atoms with Gasteiger partial charge in [-0.25, -0.2) is 0 Å². The summed E-state index contributed by atoms with van der Waals surface area (Å²) < 4.78 is 5.71.